The lowest BCUT2D eigenvalue weighted by Gasteiger charge is -2.10. The molecule has 4 nitrogen and oxygen atoms in total. The first-order valence-electron chi connectivity index (χ1n) is 5.80. The van der Waals surface area contributed by atoms with E-state index in [4.69, 9.17) is 9.47 Å². The number of halogens is 1. The predicted molar refractivity (Wildman–Crippen MR) is 79.6 cm³/mol. The lowest BCUT2D eigenvalue weighted by atomic mass is 10.3. The van der Waals surface area contributed by atoms with E-state index in [2.05, 4.69) is 34.8 Å². The highest BCUT2D eigenvalue weighted by Gasteiger charge is 2.00. The summed E-state index contributed by atoms with van der Waals surface area (Å²) in [5.74, 6) is 1.40. The summed E-state index contributed by atoms with van der Waals surface area (Å²) in [6, 6.07) is 7.31. The first-order chi connectivity index (χ1) is 8.58. The molecule has 0 aliphatic heterocycles. The Morgan fingerprint density at radius 2 is 2.06 bits per heavy atom. The van der Waals surface area contributed by atoms with E-state index in [9.17, 15) is 4.79 Å². The zero-order chi connectivity index (χ0) is 13.4. The van der Waals surface area contributed by atoms with Gasteiger partial charge in [-0.05, 0) is 26.0 Å². The molecule has 0 aliphatic carbocycles. The van der Waals surface area contributed by atoms with E-state index in [1.807, 2.05) is 12.1 Å². The molecule has 0 radical (unpaired) electrons. The number of ketones is 1. The predicted octanol–water partition coefficient (Wildman–Crippen LogP) is 2.40. The minimum absolute atomic E-state index is 0.00144. The monoisotopic (exact) mass is 363 g/mol. The number of carbonyl (C=O) groups excluding carboxylic acids is 1. The fourth-order valence-corrected chi connectivity index (χ4v) is 1.58. The molecule has 0 saturated heterocycles. The Morgan fingerprint density at radius 1 is 1.39 bits per heavy atom. The molecule has 0 aliphatic rings. The Labute approximate surface area is 121 Å². The third-order valence-corrected chi connectivity index (χ3v) is 2.48. The Kier molecular flexibility index (Phi) is 7.04. The largest absolute Gasteiger partial charge is 0.492 e. The van der Waals surface area contributed by atoms with Crippen LogP contribution in [0.2, 0.25) is 0 Å². The molecule has 1 N–H and O–H groups in total. The van der Waals surface area contributed by atoms with E-state index in [1.54, 1.807) is 12.1 Å². The lowest BCUT2D eigenvalue weighted by Crippen LogP contribution is -2.25. The Bertz CT molecular complexity index is 382. The highest BCUT2D eigenvalue weighted by atomic mass is 127. The first-order valence-corrected chi connectivity index (χ1v) is 7.05. The fraction of sp³-hybridized carbons (Fsp3) is 0.462. The van der Waals surface area contributed by atoms with Gasteiger partial charge in [-0.25, -0.2) is 0 Å². The number of rotatable bonds is 8. The molecule has 0 bridgehead atoms. The number of hydrogen-bond acceptors (Lipinski definition) is 4. The van der Waals surface area contributed by atoms with Gasteiger partial charge in [-0.3, -0.25) is 4.79 Å². The number of hydrogen-bond donors (Lipinski definition) is 1. The second-order valence-corrected chi connectivity index (χ2v) is 5.75. The van der Waals surface area contributed by atoms with Crippen LogP contribution in [0, 0.1) is 0 Å². The van der Waals surface area contributed by atoms with Gasteiger partial charge in [0.1, 0.15) is 24.7 Å². The molecular formula is C13H18INO3. The maximum Gasteiger partial charge on any atom is 0.167 e. The molecule has 18 heavy (non-hydrogen) atoms. The van der Waals surface area contributed by atoms with Gasteiger partial charge in [0.15, 0.2) is 5.78 Å². The molecule has 5 heteroatoms. The van der Waals surface area contributed by atoms with Crippen molar-refractivity contribution in [3.05, 3.63) is 24.3 Å². The molecule has 1 unspecified atom stereocenters. The van der Waals surface area contributed by atoms with E-state index in [1.165, 1.54) is 6.92 Å². The zero-order valence-electron chi connectivity index (χ0n) is 10.6. The van der Waals surface area contributed by atoms with Gasteiger partial charge in [-0.15, -0.1) is 0 Å². The van der Waals surface area contributed by atoms with Crippen molar-refractivity contribution >= 4 is 28.4 Å². The molecule has 0 spiro atoms. The summed E-state index contributed by atoms with van der Waals surface area (Å²) in [6.45, 7) is 5.07. The van der Waals surface area contributed by atoms with Crippen LogP contribution in [0.1, 0.15) is 13.8 Å². The maximum absolute atomic E-state index is 10.8. The van der Waals surface area contributed by atoms with Gasteiger partial charge in [0.25, 0.3) is 0 Å². The molecule has 0 aromatic heterocycles. The summed E-state index contributed by atoms with van der Waals surface area (Å²) in [5.41, 5.74) is 0. The Morgan fingerprint density at radius 3 is 2.67 bits per heavy atom. The topological polar surface area (TPSA) is 47.6 Å². The molecule has 0 saturated carbocycles. The van der Waals surface area contributed by atoms with Crippen LogP contribution >= 0.6 is 22.6 Å². The van der Waals surface area contributed by atoms with Crippen LogP contribution < -0.4 is 14.8 Å². The van der Waals surface area contributed by atoms with Gasteiger partial charge in [0.05, 0.1) is 4.05 Å². The average Bonchev–Trinajstić information content (AvgIpc) is 2.32. The van der Waals surface area contributed by atoms with Gasteiger partial charge in [-0.1, -0.05) is 28.7 Å². The van der Waals surface area contributed by atoms with Gasteiger partial charge in [-0.2, -0.15) is 0 Å². The standard InChI is InChI=1S/C13H18INO3/c1-10(16)9-18-13-5-3-4-12(8-13)17-7-6-15-11(2)14/h3-5,8,11,15H,6-7,9H2,1-2H3. The summed E-state index contributed by atoms with van der Waals surface area (Å²) in [7, 11) is 0. The minimum Gasteiger partial charge on any atom is -0.492 e. The smallest absolute Gasteiger partial charge is 0.167 e. The molecule has 100 valence electrons. The summed E-state index contributed by atoms with van der Waals surface area (Å²) < 4.78 is 11.3. The van der Waals surface area contributed by atoms with Crippen LogP contribution in [0.3, 0.4) is 0 Å². The van der Waals surface area contributed by atoms with Crippen LogP contribution in [-0.2, 0) is 4.79 Å². The number of carbonyl (C=O) groups is 1. The summed E-state index contributed by atoms with van der Waals surface area (Å²) in [5, 5.41) is 3.26. The Balaban J connectivity index is 2.37. The molecule has 1 atom stereocenters. The van der Waals surface area contributed by atoms with Crippen molar-refractivity contribution in [1.29, 1.82) is 0 Å². The van der Waals surface area contributed by atoms with Crippen LogP contribution in [0.5, 0.6) is 11.5 Å². The fourth-order valence-electron chi connectivity index (χ4n) is 1.27. The lowest BCUT2D eigenvalue weighted by molar-refractivity contribution is -0.118. The maximum atomic E-state index is 10.8. The number of ether oxygens (including phenoxy) is 2. The number of alkyl halides is 1. The van der Waals surface area contributed by atoms with Crippen LogP contribution in [0.15, 0.2) is 24.3 Å². The highest BCUT2D eigenvalue weighted by molar-refractivity contribution is 14.1. The third-order valence-electron chi connectivity index (χ3n) is 2.04. The zero-order valence-corrected chi connectivity index (χ0v) is 12.8. The second-order valence-electron chi connectivity index (χ2n) is 3.88. The van der Waals surface area contributed by atoms with Crippen molar-refractivity contribution in [1.82, 2.24) is 5.32 Å². The van der Waals surface area contributed by atoms with Crippen molar-refractivity contribution in [2.75, 3.05) is 19.8 Å². The third kappa shape index (κ3) is 6.80. The van der Waals surface area contributed by atoms with Crippen molar-refractivity contribution in [2.45, 2.75) is 17.9 Å². The van der Waals surface area contributed by atoms with Crippen LogP contribution in [0.25, 0.3) is 0 Å². The first kappa shape index (κ1) is 15.2. The number of Topliss-reactive ketones (excluding diaryl/α,β-unsaturated/α-hetero) is 1. The van der Waals surface area contributed by atoms with Crippen LogP contribution in [0.4, 0.5) is 0 Å². The number of benzene rings is 1. The van der Waals surface area contributed by atoms with E-state index in [-0.39, 0.29) is 12.4 Å². The van der Waals surface area contributed by atoms with Crippen molar-refractivity contribution in [3.8, 4) is 11.5 Å². The highest BCUT2D eigenvalue weighted by Crippen LogP contribution is 2.19. The summed E-state index contributed by atoms with van der Waals surface area (Å²) in [4.78, 5) is 10.8. The minimum atomic E-state index is 0.00144. The van der Waals surface area contributed by atoms with Gasteiger partial charge in [0.2, 0.25) is 0 Å². The van der Waals surface area contributed by atoms with E-state index < -0.39 is 0 Å². The van der Waals surface area contributed by atoms with Crippen molar-refractivity contribution in [3.63, 3.8) is 0 Å². The second kappa shape index (κ2) is 8.31. The molecule has 0 heterocycles. The SMILES string of the molecule is CC(=O)COc1cccc(OCCNC(C)I)c1. The molecule has 0 fully saturated rings. The van der Waals surface area contributed by atoms with Crippen molar-refractivity contribution < 1.29 is 14.3 Å². The quantitative estimate of drug-likeness (QED) is 0.334. The Hall–Kier alpha value is -0.820. The van der Waals surface area contributed by atoms with Gasteiger partial charge < -0.3 is 14.8 Å². The summed E-state index contributed by atoms with van der Waals surface area (Å²) >= 11 is 2.30. The van der Waals surface area contributed by atoms with Gasteiger partial charge >= 0.3 is 0 Å². The molecular weight excluding hydrogens is 345 g/mol. The molecule has 1 rings (SSSR count). The van der Waals surface area contributed by atoms with Crippen LogP contribution in [-0.4, -0.2) is 29.6 Å². The van der Waals surface area contributed by atoms with E-state index in [0.29, 0.717) is 16.4 Å². The molecule has 1 aromatic rings. The molecule has 0 amide bonds. The number of nitrogens with one attached hydrogen (secondary N) is 1. The molecule has 1 aromatic carbocycles. The van der Waals surface area contributed by atoms with Crippen molar-refractivity contribution in [2.24, 2.45) is 0 Å². The van der Waals surface area contributed by atoms with E-state index >= 15 is 0 Å². The summed E-state index contributed by atoms with van der Waals surface area (Å²) in [6.07, 6.45) is 0. The average molecular weight is 363 g/mol. The van der Waals surface area contributed by atoms with Gasteiger partial charge in [0, 0.05) is 12.6 Å². The normalized spacial score (nSPS) is 11.9. The van der Waals surface area contributed by atoms with E-state index in [0.717, 1.165) is 12.3 Å².